The molecule has 4 aromatic carbocycles. The van der Waals surface area contributed by atoms with E-state index in [0.717, 1.165) is 16.3 Å². The molecular formula is C29H24N2O5S. The van der Waals surface area contributed by atoms with Crippen LogP contribution in [-0.2, 0) is 14.9 Å². The number of benzene rings is 4. The normalized spacial score (nSPS) is 11.5. The lowest BCUT2D eigenvalue weighted by Gasteiger charge is -2.13. The van der Waals surface area contributed by atoms with Gasteiger partial charge in [0, 0.05) is 11.1 Å². The molecule has 37 heavy (non-hydrogen) atoms. The average Bonchev–Trinajstić information content (AvgIpc) is 2.89. The first kappa shape index (κ1) is 25.5. The van der Waals surface area contributed by atoms with Crippen LogP contribution in [0.1, 0.15) is 18.1 Å². The Morgan fingerprint density at radius 1 is 0.973 bits per heavy atom. The molecule has 0 fully saturated rings. The van der Waals surface area contributed by atoms with E-state index in [1.807, 2.05) is 49.4 Å². The summed E-state index contributed by atoms with van der Waals surface area (Å²) in [5, 5.41) is 14.3. The molecule has 8 heteroatoms. The lowest BCUT2D eigenvalue weighted by atomic mass is 10.1. The van der Waals surface area contributed by atoms with E-state index in [1.165, 1.54) is 30.3 Å². The third-order valence-electron chi connectivity index (χ3n) is 5.49. The maximum Gasteiger partial charge on any atom is 0.339 e. The SMILES string of the molecule is CCOc1cc(/C=C(\C#N)C(=O)Nc2cccc3ccccc23)ccc1OS(=O)(=O)c1ccc(C)cc1. The van der Waals surface area contributed by atoms with Gasteiger partial charge in [0.05, 0.1) is 6.61 Å². The van der Waals surface area contributed by atoms with Crippen LogP contribution in [0.5, 0.6) is 11.5 Å². The predicted molar refractivity (Wildman–Crippen MR) is 143 cm³/mol. The summed E-state index contributed by atoms with van der Waals surface area (Å²) in [6, 6.07) is 25.9. The quantitative estimate of drug-likeness (QED) is 0.180. The van der Waals surface area contributed by atoms with Crippen molar-refractivity contribution < 1.29 is 22.1 Å². The predicted octanol–water partition coefficient (Wildman–Crippen LogP) is 5.86. The van der Waals surface area contributed by atoms with Gasteiger partial charge in [0.25, 0.3) is 5.91 Å². The summed E-state index contributed by atoms with van der Waals surface area (Å²) >= 11 is 0. The van der Waals surface area contributed by atoms with Gasteiger partial charge in [0.2, 0.25) is 0 Å². The molecule has 0 aliphatic rings. The third-order valence-corrected chi connectivity index (χ3v) is 6.74. The van der Waals surface area contributed by atoms with E-state index in [0.29, 0.717) is 11.3 Å². The molecule has 0 bridgehead atoms. The van der Waals surface area contributed by atoms with Gasteiger partial charge in [-0.05, 0) is 61.2 Å². The molecule has 7 nitrogen and oxygen atoms in total. The molecule has 0 radical (unpaired) electrons. The van der Waals surface area contributed by atoms with Crippen molar-refractivity contribution in [3.8, 4) is 17.6 Å². The zero-order valence-electron chi connectivity index (χ0n) is 20.3. The highest BCUT2D eigenvalue weighted by molar-refractivity contribution is 7.87. The van der Waals surface area contributed by atoms with Gasteiger partial charge in [-0.25, -0.2) is 0 Å². The molecule has 0 saturated carbocycles. The maximum atomic E-state index is 12.9. The largest absolute Gasteiger partial charge is 0.490 e. The van der Waals surface area contributed by atoms with Crippen LogP contribution in [0.15, 0.2) is 95.4 Å². The van der Waals surface area contributed by atoms with E-state index >= 15 is 0 Å². The van der Waals surface area contributed by atoms with E-state index < -0.39 is 16.0 Å². The van der Waals surface area contributed by atoms with Gasteiger partial charge in [-0.1, -0.05) is 60.2 Å². The lowest BCUT2D eigenvalue weighted by Crippen LogP contribution is -2.13. The van der Waals surface area contributed by atoms with Crippen LogP contribution in [0.25, 0.3) is 16.8 Å². The second-order valence-corrected chi connectivity index (χ2v) is 9.69. The third kappa shape index (κ3) is 5.97. The molecule has 0 atom stereocenters. The van der Waals surface area contributed by atoms with E-state index in [2.05, 4.69) is 5.32 Å². The molecule has 4 rings (SSSR count). The average molecular weight is 513 g/mol. The smallest absolute Gasteiger partial charge is 0.339 e. The first-order valence-electron chi connectivity index (χ1n) is 11.5. The van der Waals surface area contributed by atoms with E-state index in [9.17, 15) is 18.5 Å². The van der Waals surface area contributed by atoms with Gasteiger partial charge in [-0.15, -0.1) is 0 Å². The van der Waals surface area contributed by atoms with E-state index in [1.54, 1.807) is 31.2 Å². The molecule has 0 aliphatic heterocycles. The second kappa shape index (κ2) is 11.0. The summed E-state index contributed by atoms with van der Waals surface area (Å²) in [4.78, 5) is 12.9. The van der Waals surface area contributed by atoms with Crippen LogP contribution in [0.4, 0.5) is 5.69 Å². The summed E-state index contributed by atoms with van der Waals surface area (Å²) in [5.41, 5.74) is 1.84. The first-order chi connectivity index (χ1) is 17.8. The van der Waals surface area contributed by atoms with E-state index in [-0.39, 0.29) is 28.6 Å². The zero-order valence-corrected chi connectivity index (χ0v) is 21.1. The Labute approximate surface area is 215 Å². The molecule has 0 unspecified atom stereocenters. The number of rotatable bonds is 8. The Kier molecular flexibility index (Phi) is 7.56. The summed E-state index contributed by atoms with van der Waals surface area (Å²) in [7, 11) is -4.09. The first-order valence-corrected chi connectivity index (χ1v) is 12.9. The van der Waals surface area contributed by atoms with Crippen LogP contribution in [0, 0.1) is 18.3 Å². The number of carbonyl (C=O) groups is 1. The summed E-state index contributed by atoms with van der Waals surface area (Å²) in [6.45, 7) is 3.86. The number of nitriles is 1. The van der Waals surface area contributed by atoms with Crippen molar-refractivity contribution in [2.45, 2.75) is 18.7 Å². The lowest BCUT2D eigenvalue weighted by molar-refractivity contribution is -0.112. The molecular weight excluding hydrogens is 488 g/mol. The van der Waals surface area contributed by atoms with Crippen LogP contribution in [0.2, 0.25) is 0 Å². The van der Waals surface area contributed by atoms with Crippen molar-refractivity contribution in [3.05, 3.63) is 102 Å². The summed E-state index contributed by atoms with van der Waals surface area (Å²) < 4.78 is 36.4. The van der Waals surface area contributed by atoms with Crippen LogP contribution in [-0.4, -0.2) is 20.9 Å². The topological polar surface area (TPSA) is 105 Å². The number of nitrogens with one attached hydrogen (secondary N) is 1. The highest BCUT2D eigenvalue weighted by Gasteiger charge is 2.20. The second-order valence-electron chi connectivity index (χ2n) is 8.14. The Bertz CT molecular complexity index is 1630. The monoisotopic (exact) mass is 512 g/mol. The Morgan fingerprint density at radius 3 is 2.43 bits per heavy atom. The van der Waals surface area contributed by atoms with Crippen molar-refractivity contribution in [2.75, 3.05) is 11.9 Å². The van der Waals surface area contributed by atoms with Crippen molar-refractivity contribution in [1.29, 1.82) is 5.26 Å². The minimum Gasteiger partial charge on any atom is -0.490 e. The van der Waals surface area contributed by atoms with E-state index in [4.69, 9.17) is 8.92 Å². The Hall–Kier alpha value is -4.61. The molecule has 0 aromatic heterocycles. The molecule has 0 heterocycles. The fourth-order valence-corrected chi connectivity index (χ4v) is 4.60. The van der Waals surface area contributed by atoms with Gasteiger partial charge >= 0.3 is 10.1 Å². The molecule has 4 aromatic rings. The van der Waals surface area contributed by atoms with Crippen molar-refractivity contribution in [2.24, 2.45) is 0 Å². The number of amides is 1. The number of anilines is 1. The zero-order chi connectivity index (χ0) is 26.4. The number of hydrogen-bond acceptors (Lipinski definition) is 6. The van der Waals surface area contributed by atoms with Crippen molar-refractivity contribution in [3.63, 3.8) is 0 Å². The number of hydrogen-bond donors (Lipinski definition) is 1. The molecule has 1 amide bonds. The molecule has 1 N–H and O–H groups in total. The molecule has 0 aliphatic carbocycles. The number of ether oxygens (including phenoxy) is 1. The molecule has 0 saturated heterocycles. The molecule has 0 spiro atoms. The van der Waals surface area contributed by atoms with Crippen molar-refractivity contribution in [1.82, 2.24) is 0 Å². The standard InChI is InChI=1S/C29H24N2O5S/c1-3-35-28-18-21(13-16-27(28)36-37(33,34)24-14-11-20(2)12-15-24)17-23(19-30)29(32)31-26-10-6-8-22-7-4-5-9-25(22)26/h4-18H,3H2,1-2H3,(H,31,32)/b23-17+. The summed E-state index contributed by atoms with van der Waals surface area (Å²) in [5.74, 6) is -0.406. The highest BCUT2D eigenvalue weighted by atomic mass is 32.2. The number of fused-ring (bicyclic) bond motifs is 1. The van der Waals surface area contributed by atoms with Crippen LogP contribution < -0.4 is 14.2 Å². The van der Waals surface area contributed by atoms with Gasteiger partial charge in [-0.2, -0.15) is 13.7 Å². The van der Waals surface area contributed by atoms with Gasteiger partial charge < -0.3 is 14.2 Å². The minimum absolute atomic E-state index is 0.00158. The van der Waals surface area contributed by atoms with Crippen molar-refractivity contribution >= 4 is 38.6 Å². The number of carbonyl (C=O) groups excluding carboxylic acids is 1. The Balaban J connectivity index is 1.60. The minimum atomic E-state index is -4.09. The summed E-state index contributed by atoms with van der Waals surface area (Å²) in [6.07, 6.45) is 1.40. The van der Waals surface area contributed by atoms with Crippen LogP contribution in [0.3, 0.4) is 0 Å². The highest BCUT2D eigenvalue weighted by Crippen LogP contribution is 2.32. The molecule has 186 valence electrons. The van der Waals surface area contributed by atoms with Gasteiger partial charge in [-0.3, -0.25) is 4.79 Å². The number of nitrogens with zero attached hydrogens (tertiary/aromatic N) is 1. The number of aryl methyl sites for hydroxylation is 1. The van der Waals surface area contributed by atoms with Crippen LogP contribution >= 0.6 is 0 Å². The fourth-order valence-electron chi connectivity index (χ4n) is 3.66. The van der Waals surface area contributed by atoms with Gasteiger partial charge in [0.15, 0.2) is 11.5 Å². The Morgan fingerprint density at radius 2 is 1.70 bits per heavy atom. The fraction of sp³-hybridized carbons (Fsp3) is 0.103. The maximum absolute atomic E-state index is 12.9. The van der Waals surface area contributed by atoms with Gasteiger partial charge in [0.1, 0.15) is 16.5 Å².